The van der Waals surface area contributed by atoms with Crippen LogP contribution in [0, 0.1) is 5.92 Å². The molecular formula is C24H41NO18. The molecule has 0 aromatic carbocycles. The Morgan fingerprint density at radius 2 is 1.53 bits per heavy atom. The number of nitrogens with one attached hydrogen (secondary N) is 1. The van der Waals surface area contributed by atoms with Gasteiger partial charge in [0.1, 0.15) is 54.9 Å². The van der Waals surface area contributed by atoms with E-state index in [0.29, 0.717) is 0 Å². The van der Waals surface area contributed by atoms with Crippen LogP contribution in [0.3, 0.4) is 0 Å². The number of carbonyl (C=O) groups excluding carboxylic acids is 1. The van der Waals surface area contributed by atoms with Crippen LogP contribution in [0.5, 0.6) is 0 Å². The molecule has 11 N–H and O–H groups in total. The molecule has 3 rings (SSSR count). The molecular weight excluding hydrogens is 590 g/mol. The van der Waals surface area contributed by atoms with E-state index in [2.05, 4.69) is 11.9 Å². The van der Waals surface area contributed by atoms with Gasteiger partial charge in [0.25, 0.3) is 6.47 Å². The second-order valence-electron chi connectivity index (χ2n) is 10.2. The Morgan fingerprint density at radius 1 is 0.860 bits per heavy atom. The van der Waals surface area contributed by atoms with Crippen molar-refractivity contribution < 1.29 is 89.0 Å². The highest BCUT2D eigenvalue weighted by Gasteiger charge is 2.51. The molecule has 250 valence electrons. The first-order valence-corrected chi connectivity index (χ1v) is 13.4. The van der Waals surface area contributed by atoms with Crippen molar-refractivity contribution in [2.24, 2.45) is 5.92 Å². The molecule has 0 aromatic heterocycles. The Balaban J connectivity index is 1.66. The third-order valence-corrected chi connectivity index (χ3v) is 7.29. The minimum Gasteiger partial charge on any atom is -0.437 e. The number of rotatable bonds is 15. The summed E-state index contributed by atoms with van der Waals surface area (Å²) >= 11 is 0. The molecule has 0 saturated carbocycles. The molecule has 0 bridgehead atoms. The number of aliphatic hydroxyl groups excluding tert-OH is 10. The number of hydrogen-bond donors (Lipinski definition) is 11. The maximum absolute atomic E-state index is 10.9. The largest absolute Gasteiger partial charge is 0.437 e. The quantitative estimate of drug-likeness (QED) is 0.0748. The average Bonchev–Trinajstić information content (AvgIpc) is 2.99. The highest BCUT2D eigenvalue weighted by Crippen LogP contribution is 2.32. The Kier molecular flexibility index (Phi) is 13.8. The maximum atomic E-state index is 10.9. The summed E-state index contributed by atoms with van der Waals surface area (Å²) in [6.45, 7) is 0.803. The predicted molar refractivity (Wildman–Crippen MR) is 134 cm³/mol. The van der Waals surface area contributed by atoms with Crippen molar-refractivity contribution in [3.8, 4) is 0 Å². The summed E-state index contributed by atoms with van der Waals surface area (Å²) in [5.41, 5.74) is 0. The number of hydrogen-bond acceptors (Lipinski definition) is 19. The second kappa shape index (κ2) is 16.6. The van der Waals surface area contributed by atoms with Gasteiger partial charge in [-0.3, -0.25) is 4.79 Å². The van der Waals surface area contributed by atoms with E-state index in [1.165, 1.54) is 6.20 Å². The van der Waals surface area contributed by atoms with Crippen molar-refractivity contribution >= 4 is 6.47 Å². The van der Waals surface area contributed by atoms with Gasteiger partial charge in [-0.2, -0.15) is 0 Å². The molecule has 19 heteroatoms. The van der Waals surface area contributed by atoms with Gasteiger partial charge in [-0.1, -0.05) is 6.58 Å². The van der Waals surface area contributed by atoms with Crippen molar-refractivity contribution in [1.29, 1.82) is 0 Å². The van der Waals surface area contributed by atoms with Gasteiger partial charge in [0.2, 0.25) is 6.29 Å². The van der Waals surface area contributed by atoms with Crippen molar-refractivity contribution in [2.45, 2.75) is 92.3 Å². The summed E-state index contributed by atoms with van der Waals surface area (Å²) in [6, 6.07) is 0. The number of carbonyl (C=O) groups is 1. The topological polar surface area (TPSA) is 296 Å². The summed E-state index contributed by atoms with van der Waals surface area (Å²) in [7, 11) is 0. The summed E-state index contributed by atoms with van der Waals surface area (Å²) in [4.78, 5) is 10.9. The van der Waals surface area contributed by atoms with Gasteiger partial charge in [-0.25, -0.2) is 0 Å². The third kappa shape index (κ3) is 8.55. The van der Waals surface area contributed by atoms with Crippen LogP contribution in [0.4, 0.5) is 0 Å². The smallest absolute Gasteiger partial charge is 0.295 e. The SMILES string of the molecule is C=CNCC(O)C(O)C(CO)O[C@@H]1OC[C@@H](O[C@@H]2OC[C@@H](O)C(O)C2O[C@H]2OC(OC=O)[C@@H](CO)[C@H](O)C2O)[C@H](O)C1O. The monoisotopic (exact) mass is 631 g/mol. The van der Waals surface area contributed by atoms with Crippen LogP contribution < -0.4 is 5.32 Å². The summed E-state index contributed by atoms with van der Waals surface area (Å²) in [5, 5.41) is 105. The lowest BCUT2D eigenvalue weighted by Gasteiger charge is -2.46. The zero-order valence-corrected chi connectivity index (χ0v) is 22.9. The first-order chi connectivity index (χ1) is 20.5. The summed E-state index contributed by atoms with van der Waals surface area (Å²) < 4.78 is 37.5. The van der Waals surface area contributed by atoms with E-state index in [4.69, 9.17) is 33.2 Å². The normalized spacial score (nSPS) is 42.4. The average molecular weight is 632 g/mol. The van der Waals surface area contributed by atoms with Crippen LogP contribution in [-0.4, -0.2) is 183 Å². The molecule has 19 nitrogen and oxygen atoms in total. The molecule has 3 heterocycles. The van der Waals surface area contributed by atoms with Crippen molar-refractivity contribution in [1.82, 2.24) is 5.32 Å². The highest BCUT2D eigenvalue weighted by molar-refractivity contribution is 5.37. The fourth-order valence-electron chi connectivity index (χ4n) is 4.72. The maximum Gasteiger partial charge on any atom is 0.295 e. The molecule has 43 heavy (non-hydrogen) atoms. The van der Waals surface area contributed by atoms with Crippen molar-refractivity contribution in [2.75, 3.05) is 33.0 Å². The van der Waals surface area contributed by atoms with Crippen LogP contribution in [0.1, 0.15) is 0 Å². The van der Waals surface area contributed by atoms with Crippen molar-refractivity contribution in [3.63, 3.8) is 0 Å². The third-order valence-electron chi connectivity index (χ3n) is 7.29. The van der Waals surface area contributed by atoms with E-state index in [9.17, 15) is 55.9 Å². The molecule has 0 amide bonds. The molecule has 3 saturated heterocycles. The van der Waals surface area contributed by atoms with Gasteiger partial charge in [0.05, 0.1) is 44.6 Å². The minimum atomic E-state index is -1.83. The Hall–Kier alpha value is -1.63. The highest BCUT2D eigenvalue weighted by atomic mass is 16.8. The molecule has 0 aliphatic carbocycles. The molecule has 3 aliphatic heterocycles. The zero-order valence-electron chi connectivity index (χ0n) is 22.9. The molecule has 0 aromatic rings. The Labute approximate surface area is 245 Å². The minimum absolute atomic E-state index is 0.0124. The molecule has 0 radical (unpaired) electrons. The van der Waals surface area contributed by atoms with Crippen LogP contribution in [0.15, 0.2) is 12.8 Å². The molecule has 8 unspecified atom stereocenters. The van der Waals surface area contributed by atoms with E-state index in [1.54, 1.807) is 0 Å². The molecule has 3 aliphatic rings. The fraction of sp³-hybridized carbons (Fsp3) is 0.875. The first kappa shape index (κ1) is 35.8. The molecule has 3 fully saturated rings. The molecule has 0 spiro atoms. The second-order valence-corrected chi connectivity index (χ2v) is 10.2. The van der Waals surface area contributed by atoms with Gasteiger partial charge in [0, 0.05) is 6.54 Å². The van der Waals surface area contributed by atoms with Gasteiger partial charge >= 0.3 is 0 Å². The van der Waals surface area contributed by atoms with Gasteiger partial charge in [-0.05, 0) is 6.20 Å². The number of ether oxygens (including phenoxy) is 7. The van der Waals surface area contributed by atoms with Crippen LogP contribution in [0.2, 0.25) is 0 Å². The van der Waals surface area contributed by atoms with Crippen LogP contribution >= 0.6 is 0 Å². The van der Waals surface area contributed by atoms with E-state index in [0.717, 1.165) is 0 Å². The zero-order chi connectivity index (χ0) is 31.8. The van der Waals surface area contributed by atoms with Crippen LogP contribution in [0.25, 0.3) is 0 Å². The predicted octanol–water partition coefficient (Wildman–Crippen LogP) is -7.07. The first-order valence-electron chi connectivity index (χ1n) is 13.4. The lowest BCUT2D eigenvalue weighted by Crippen LogP contribution is -2.63. The lowest BCUT2D eigenvalue weighted by atomic mass is 9.94. The van der Waals surface area contributed by atoms with E-state index in [1.807, 2.05) is 0 Å². The van der Waals surface area contributed by atoms with Gasteiger partial charge in [0.15, 0.2) is 18.9 Å². The van der Waals surface area contributed by atoms with Crippen molar-refractivity contribution in [3.05, 3.63) is 12.8 Å². The van der Waals surface area contributed by atoms with E-state index < -0.39 is 125 Å². The number of aliphatic hydroxyl groups is 10. The van der Waals surface area contributed by atoms with Gasteiger partial charge < -0.3 is 89.5 Å². The Morgan fingerprint density at radius 3 is 2.16 bits per heavy atom. The molecule has 16 atom stereocenters. The summed E-state index contributed by atoms with van der Waals surface area (Å²) in [5.74, 6) is -1.24. The Bertz CT molecular complexity index is 857. The van der Waals surface area contributed by atoms with Crippen LogP contribution in [-0.2, 0) is 38.0 Å². The van der Waals surface area contributed by atoms with E-state index >= 15 is 0 Å². The van der Waals surface area contributed by atoms with Gasteiger partial charge in [-0.15, -0.1) is 0 Å². The fourth-order valence-corrected chi connectivity index (χ4v) is 4.72. The lowest BCUT2D eigenvalue weighted by molar-refractivity contribution is -0.384. The standard InChI is InChI=1S/C24H41NO18/c1-2-25-3-10(29)15(32)12(5-27)40-22-19(36)17(34)13(7-38-22)41-24-20(16(33)11(30)6-37-24)42-23-18(35)14(31)9(4-26)21(43-23)39-8-28/h2,8-27,29-36H,1,3-7H2/t9-,10?,11+,12?,13+,14-,15?,16?,17-,18?,19?,20?,21?,22-,23-,24-/m0/s1. The summed E-state index contributed by atoms with van der Waals surface area (Å²) in [6.07, 6.45) is -23.1. The van der Waals surface area contributed by atoms with E-state index in [-0.39, 0.29) is 13.0 Å².